The SMILES string of the molecule is C[C@H](C(=O)OCc1ccccc1)c1ccc(O[Si](C)(C)C(C)(C)C)c(Cl)c1. The summed E-state index contributed by atoms with van der Waals surface area (Å²) in [4.78, 5) is 12.4. The summed E-state index contributed by atoms with van der Waals surface area (Å²) in [6, 6.07) is 15.2. The van der Waals surface area contributed by atoms with Crippen LogP contribution in [0.4, 0.5) is 0 Å². The predicted octanol–water partition coefficient (Wildman–Crippen LogP) is 6.57. The van der Waals surface area contributed by atoms with E-state index in [4.69, 9.17) is 20.8 Å². The molecule has 0 saturated heterocycles. The van der Waals surface area contributed by atoms with Crippen LogP contribution in [0.5, 0.6) is 5.75 Å². The fraction of sp³-hybridized carbons (Fsp3) is 0.409. The third-order valence-electron chi connectivity index (χ3n) is 5.20. The minimum atomic E-state index is -1.97. The van der Waals surface area contributed by atoms with E-state index < -0.39 is 14.2 Å². The van der Waals surface area contributed by atoms with Gasteiger partial charge in [0.25, 0.3) is 8.32 Å². The average Bonchev–Trinajstić information content (AvgIpc) is 2.60. The Bertz CT molecular complexity index is 782. The highest BCUT2D eigenvalue weighted by atomic mass is 35.5. The molecule has 0 heterocycles. The molecule has 0 fully saturated rings. The Balaban J connectivity index is 2.06. The highest BCUT2D eigenvalue weighted by Gasteiger charge is 2.39. The van der Waals surface area contributed by atoms with Gasteiger partial charge in [-0.3, -0.25) is 4.79 Å². The number of carbonyl (C=O) groups excluding carboxylic acids is 1. The molecule has 0 amide bonds. The number of rotatable bonds is 6. The van der Waals surface area contributed by atoms with Gasteiger partial charge in [-0.05, 0) is 48.3 Å². The van der Waals surface area contributed by atoms with Crippen molar-refractivity contribution in [2.45, 2.75) is 58.4 Å². The van der Waals surface area contributed by atoms with E-state index in [0.717, 1.165) is 11.1 Å². The van der Waals surface area contributed by atoms with E-state index in [1.165, 1.54) is 0 Å². The Labute approximate surface area is 168 Å². The van der Waals surface area contributed by atoms with E-state index in [1.54, 1.807) is 6.07 Å². The van der Waals surface area contributed by atoms with Gasteiger partial charge in [-0.1, -0.05) is 68.8 Å². The Morgan fingerprint density at radius 2 is 1.74 bits per heavy atom. The molecule has 0 bridgehead atoms. The van der Waals surface area contributed by atoms with Crippen LogP contribution >= 0.6 is 11.6 Å². The van der Waals surface area contributed by atoms with Crippen molar-refractivity contribution in [3.63, 3.8) is 0 Å². The highest BCUT2D eigenvalue weighted by molar-refractivity contribution is 6.74. The van der Waals surface area contributed by atoms with Crippen LogP contribution in [-0.4, -0.2) is 14.3 Å². The summed E-state index contributed by atoms with van der Waals surface area (Å²) in [5, 5.41) is 0.615. The van der Waals surface area contributed by atoms with Gasteiger partial charge in [-0.2, -0.15) is 0 Å². The molecule has 2 aromatic carbocycles. The lowest BCUT2D eigenvalue weighted by atomic mass is 10.0. The molecule has 0 saturated carbocycles. The number of benzene rings is 2. The second-order valence-corrected chi connectivity index (χ2v) is 13.5. The molecule has 0 aliphatic rings. The van der Waals surface area contributed by atoms with Crippen LogP contribution in [0.15, 0.2) is 48.5 Å². The maximum Gasteiger partial charge on any atom is 0.313 e. The first-order valence-electron chi connectivity index (χ1n) is 9.20. The molecule has 0 aromatic heterocycles. The zero-order valence-electron chi connectivity index (χ0n) is 17.0. The minimum absolute atomic E-state index is 0.0868. The number of ether oxygens (including phenoxy) is 1. The predicted molar refractivity (Wildman–Crippen MR) is 114 cm³/mol. The van der Waals surface area contributed by atoms with Gasteiger partial charge in [0, 0.05) is 0 Å². The molecule has 3 nitrogen and oxygen atoms in total. The molecule has 5 heteroatoms. The van der Waals surface area contributed by atoms with Crippen LogP contribution in [0, 0.1) is 0 Å². The Hall–Kier alpha value is -1.78. The number of hydrogen-bond donors (Lipinski definition) is 0. The smallest absolute Gasteiger partial charge is 0.313 e. The Morgan fingerprint density at radius 3 is 2.30 bits per heavy atom. The van der Waals surface area contributed by atoms with Crippen LogP contribution in [0.2, 0.25) is 23.2 Å². The summed E-state index contributed by atoms with van der Waals surface area (Å²) in [6.45, 7) is 13.0. The van der Waals surface area contributed by atoms with E-state index >= 15 is 0 Å². The van der Waals surface area contributed by atoms with Crippen molar-refractivity contribution < 1.29 is 14.0 Å². The Morgan fingerprint density at radius 1 is 1.11 bits per heavy atom. The topological polar surface area (TPSA) is 35.5 Å². The summed E-state index contributed by atoms with van der Waals surface area (Å²) in [5.74, 6) is 0.0120. The van der Waals surface area contributed by atoms with Crippen LogP contribution in [0.3, 0.4) is 0 Å². The summed E-state index contributed by atoms with van der Waals surface area (Å²) < 4.78 is 11.7. The van der Waals surface area contributed by atoms with Crippen molar-refractivity contribution in [2.75, 3.05) is 0 Å². The molecule has 27 heavy (non-hydrogen) atoms. The summed E-state index contributed by atoms with van der Waals surface area (Å²) in [7, 11) is -1.97. The molecule has 0 spiro atoms. The third kappa shape index (κ3) is 5.60. The maximum absolute atomic E-state index is 12.4. The fourth-order valence-corrected chi connectivity index (χ4v) is 3.61. The first-order chi connectivity index (χ1) is 12.5. The zero-order chi connectivity index (χ0) is 20.2. The molecular formula is C22H29ClO3Si. The molecule has 0 aliphatic carbocycles. The van der Waals surface area contributed by atoms with Crippen molar-refractivity contribution in [2.24, 2.45) is 0 Å². The number of carbonyl (C=O) groups is 1. The van der Waals surface area contributed by atoms with Gasteiger partial charge in [0.15, 0.2) is 0 Å². The third-order valence-corrected chi connectivity index (χ3v) is 9.84. The first kappa shape index (κ1) is 21.5. The van der Waals surface area contributed by atoms with E-state index in [9.17, 15) is 4.79 Å². The van der Waals surface area contributed by atoms with Crippen LogP contribution in [0.1, 0.15) is 44.7 Å². The lowest BCUT2D eigenvalue weighted by molar-refractivity contribution is -0.146. The van der Waals surface area contributed by atoms with E-state index in [0.29, 0.717) is 10.8 Å². The molecule has 0 N–H and O–H groups in total. The molecule has 0 radical (unpaired) electrons. The average molecular weight is 405 g/mol. The lowest BCUT2D eigenvalue weighted by Crippen LogP contribution is -2.43. The normalized spacial score (nSPS) is 13.1. The van der Waals surface area contributed by atoms with E-state index in [-0.39, 0.29) is 17.6 Å². The zero-order valence-corrected chi connectivity index (χ0v) is 18.8. The Kier molecular flexibility index (Phi) is 6.76. The second kappa shape index (κ2) is 8.49. The number of esters is 1. The van der Waals surface area contributed by atoms with Gasteiger partial charge >= 0.3 is 5.97 Å². The summed E-state index contributed by atoms with van der Waals surface area (Å²) in [5.41, 5.74) is 1.79. The van der Waals surface area contributed by atoms with Crippen LogP contribution in [-0.2, 0) is 16.1 Å². The molecular weight excluding hydrogens is 376 g/mol. The van der Waals surface area contributed by atoms with Gasteiger partial charge in [0.05, 0.1) is 10.9 Å². The molecule has 2 aromatic rings. The van der Waals surface area contributed by atoms with Crippen molar-refractivity contribution in [3.8, 4) is 5.75 Å². The number of halogens is 1. The van der Waals surface area contributed by atoms with Crippen molar-refractivity contribution in [1.82, 2.24) is 0 Å². The largest absolute Gasteiger partial charge is 0.543 e. The van der Waals surface area contributed by atoms with Crippen molar-refractivity contribution in [1.29, 1.82) is 0 Å². The monoisotopic (exact) mass is 404 g/mol. The van der Waals surface area contributed by atoms with E-state index in [2.05, 4.69) is 33.9 Å². The molecule has 0 unspecified atom stereocenters. The lowest BCUT2D eigenvalue weighted by Gasteiger charge is -2.36. The van der Waals surface area contributed by atoms with E-state index in [1.807, 2.05) is 49.4 Å². The summed E-state index contributed by atoms with van der Waals surface area (Å²) in [6.07, 6.45) is 0. The van der Waals surface area contributed by atoms with Gasteiger partial charge in [0.1, 0.15) is 12.4 Å². The maximum atomic E-state index is 12.4. The van der Waals surface area contributed by atoms with Gasteiger partial charge in [-0.25, -0.2) is 0 Å². The number of hydrogen-bond acceptors (Lipinski definition) is 3. The van der Waals surface area contributed by atoms with Gasteiger partial charge < -0.3 is 9.16 Å². The van der Waals surface area contributed by atoms with Gasteiger partial charge in [-0.15, -0.1) is 0 Å². The van der Waals surface area contributed by atoms with Crippen molar-refractivity contribution >= 4 is 25.9 Å². The first-order valence-corrected chi connectivity index (χ1v) is 12.5. The van der Waals surface area contributed by atoms with Crippen molar-refractivity contribution in [3.05, 3.63) is 64.7 Å². The molecule has 2 rings (SSSR count). The molecule has 146 valence electrons. The molecule has 1 atom stereocenters. The van der Waals surface area contributed by atoms with Crippen LogP contribution in [0.25, 0.3) is 0 Å². The standard InChI is InChI=1S/C22H29ClO3Si/c1-16(21(24)25-15-17-10-8-7-9-11-17)18-12-13-20(19(23)14-18)26-27(5,6)22(2,3)4/h7-14,16H,15H2,1-6H3/t16-/m0/s1. The fourth-order valence-electron chi connectivity index (χ4n) is 2.29. The summed E-state index contributed by atoms with van der Waals surface area (Å²) >= 11 is 6.45. The highest BCUT2D eigenvalue weighted by Crippen LogP contribution is 2.39. The minimum Gasteiger partial charge on any atom is -0.543 e. The van der Waals surface area contributed by atoms with Crippen LogP contribution < -0.4 is 4.43 Å². The molecule has 0 aliphatic heterocycles. The van der Waals surface area contributed by atoms with Gasteiger partial charge in [0.2, 0.25) is 0 Å². The second-order valence-electron chi connectivity index (χ2n) is 8.37. The quantitative estimate of drug-likeness (QED) is 0.403.